The van der Waals surface area contributed by atoms with Crippen LogP contribution in [0, 0.1) is 5.92 Å². The van der Waals surface area contributed by atoms with Crippen molar-refractivity contribution in [2.45, 2.75) is 18.7 Å². The number of aliphatic hydroxyl groups excluding tert-OH is 1. The first kappa shape index (κ1) is 12.7. The quantitative estimate of drug-likeness (QED) is 0.773. The Morgan fingerprint density at radius 3 is 2.73 bits per heavy atom. The van der Waals surface area contributed by atoms with Crippen LogP contribution in [0.3, 0.4) is 0 Å². The summed E-state index contributed by atoms with van der Waals surface area (Å²) in [5.74, 6) is 0.287. The number of hydrogen-bond donors (Lipinski definition) is 1. The Kier molecular flexibility index (Phi) is 4.36. The molecule has 1 heterocycles. The Hall–Kier alpha value is -0.330. The third-order valence-corrected chi connectivity index (χ3v) is 2.58. The van der Waals surface area contributed by atoms with E-state index in [4.69, 9.17) is 9.84 Å². The molecule has 1 aliphatic heterocycles. The highest BCUT2D eigenvalue weighted by molar-refractivity contribution is 4.79. The second-order valence-electron chi connectivity index (χ2n) is 3.93. The van der Waals surface area contributed by atoms with Crippen molar-refractivity contribution in [3.8, 4) is 0 Å². The number of methoxy groups -OCH3 is 1. The molecule has 0 spiro atoms. The molecule has 15 heavy (non-hydrogen) atoms. The highest BCUT2D eigenvalue weighted by Crippen LogP contribution is 2.23. The highest BCUT2D eigenvalue weighted by Gasteiger charge is 2.40. The van der Waals surface area contributed by atoms with Crippen LogP contribution in [0.25, 0.3) is 0 Å². The molecule has 0 aliphatic carbocycles. The predicted molar refractivity (Wildman–Crippen MR) is 48.5 cm³/mol. The van der Waals surface area contributed by atoms with Crippen molar-refractivity contribution in [3.63, 3.8) is 0 Å². The molecule has 2 unspecified atom stereocenters. The molecule has 0 amide bonds. The van der Waals surface area contributed by atoms with E-state index >= 15 is 0 Å². The summed E-state index contributed by atoms with van der Waals surface area (Å²) in [5, 5.41) is 8.86. The van der Waals surface area contributed by atoms with Gasteiger partial charge in [0.15, 0.2) is 6.10 Å². The number of hydrogen-bond acceptors (Lipinski definition) is 3. The topological polar surface area (TPSA) is 32.7 Å². The minimum atomic E-state index is -4.51. The summed E-state index contributed by atoms with van der Waals surface area (Å²) >= 11 is 0. The molecule has 1 saturated heterocycles. The first-order chi connectivity index (χ1) is 6.93. The highest BCUT2D eigenvalue weighted by atomic mass is 19.4. The Labute approximate surface area is 86.8 Å². The van der Waals surface area contributed by atoms with Gasteiger partial charge in [0, 0.05) is 20.2 Å². The molecule has 1 aliphatic rings. The molecule has 1 fully saturated rings. The molecule has 0 saturated carbocycles. The lowest BCUT2D eigenvalue weighted by Gasteiger charge is -2.21. The van der Waals surface area contributed by atoms with E-state index in [1.807, 2.05) is 0 Å². The van der Waals surface area contributed by atoms with Gasteiger partial charge >= 0.3 is 6.18 Å². The number of alkyl halides is 3. The second kappa shape index (κ2) is 5.14. The van der Waals surface area contributed by atoms with Crippen molar-refractivity contribution in [2.75, 3.05) is 33.4 Å². The maximum Gasteiger partial charge on any atom is 0.415 e. The zero-order chi connectivity index (χ0) is 11.5. The van der Waals surface area contributed by atoms with E-state index in [1.165, 1.54) is 0 Å². The van der Waals surface area contributed by atoms with E-state index in [0.717, 1.165) is 6.42 Å². The number of halogens is 3. The van der Waals surface area contributed by atoms with Crippen LogP contribution >= 0.6 is 0 Å². The minimum absolute atomic E-state index is 0.287. The first-order valence-electron chi connectivity index (χ1n) is 4.89. The molecular weight excluding hydrogens is 211 g/mol. The zero-order valence-corrected chi connectivity index (χ0v) is 8.63. The van der Waals surface area contributed by atoms with Gasteiger partial charge in [-0.05, 0) is 18.9 Å². The monoisotopic (exact) mass is 227 g/mol. The molecule has 2 atom stereocenters. The summed E-state index contributed by atoms with van der Waals surface area (Å²) in [6.07, 6.45) is -5.92. The maximum atomic E-state index is 12.0. The zero-order valence-electron chi connectivity index (χ0n) is 8.63. The average molecular weight is 227 g/mol. The van der Waals surface area contributed by atoms with Crippen LogP contribution in [0.1, 0.15) is 6.42 Å². The Bertz CT molecular complexity index is 198. The van der Waals surface area contributed by atoms with Crippen LogP contribution in [0.2, 0.25) is 0 Å². The van der Waals surface area contributed by atoms with Gasteiger partial charge in [0.25, 0.3) is 0 Å². The van der Waals surface area contributed by atoms with Crippen molar-refractivity contribution in [1.82, 2.24) is 4.90 Å². The molecule has 0 bridgehead atoms. The molecule has 0 radical (unpaired) electrons. The van der Waals surface area contributed by atoms with Crippen LogP contribution < -0.4 is 0 Å². The average Bonchev–Trinajstić information content (AvgIpc) is 2.51. The van der Waals surface area contributed by atoms with Crippen LogP contribution in [0.15, 0.2) is 0 Å². The fraction of sp³-hybridized carbons (Fsp3) is 1.00. The second-order valence-corrected chi connectivity index (χ2v) is 3.93. The third kappa shape index (κ3) is 3.96. The minimum Gasteiger partial charge on any atom is -0.384 e. The molecule has 1 N–H and O–H groups in total. The van der Waals surface area contributed by atoms with Crippen LogP contribution in [0.5, 0.6) is 0 Å². The number of nitrogens with zero attached hydrogens (tertiary/aromatic N) is 1. The largest absolute Gasteiger partial charge is 0.415 e. The fourth-order valence-corrected chi connectivity index (χ4v) is 1.80. The molecule has 1 rings (SSSR count). The van der Waals surface area contributed by atoms with Gasteiger partial charge in [0.2, 0.25) is 0 Å². The van der Waals surface area contributed by atoms with Crippen LogP contribution in [0.4, 0.5) is 13.2 Å². The van der Waals surface area contributed by atoms with E-state index in [0.29, 0.717) is 19.7 Å². The fourth-order valence-electron chi connectivity index (χ4n) is 1.80. The van der Waals surface area contributed by atoms with Gasteiger partial charge in [-0.25, -0.2) is 0 Å². The van der Waals surface area contributed by atoms with E-state index in [2.05, 4.69) is 0 Å². The SMILES string of the molecule is COCC1CCN(CC(O)C(F)(F)F)C1. The molecule has 0 aromatic carbocycles. The summed E-state index contributed by atoms with van der Waals surface area (Å²) in [7, 11) is 1.58. The van der Waals surface area contributed by atoms with Crippen molar-refractivity contribution in [1.29, 1.82) is 0 Å². The smallest absolute Gasteiger partial charge is 0.384 e. The van der Waals surface area contributed by atoms with Crippen molar-refractivity contribution < 1.29 is 23.0 Å². The van der Waals surface area contributed by atoms with E-state index < -0.39 is 12.3 Å². The molecule has 3 nitrogen and oxygen atoms in total. The maximum absolute atomic E-state index is 12.0. The van der Waals surface area contributed by atoms with Gasteiger partial charge in [0.1, 0.15) is 0 Å². The number of rotatable bonds is 4. The molecule has 90 valence electrons. The van der Waals surface area contributed by atoms with Crippen LogP contribution in [-0.4, -0.2) is 55.6 Å². The van der Waals surface area contributed by atoms with Gasteiger partial charge in [-0.1, -0.05) is 0 Å². The number of aliphatic hydroxyl groups is 1. The third-order valence-electron chi connectivity index (χ3n) is 2.58. The molecule has 0 aromatic rings. The van der Waals surface area contributed by atoms with Crippen molar-refractivity contribution >= 4 is 0 Å². The van der Waals surface area contributed by atoms with Gasteiger partial charge in [-0.15, -0.1) is 0 Å². The normalized spacial score (nSPS) is 25.8. The van der Waals surface area contributed by atoms with Crippen LogP contribution in [-0.2, 0) is 4.74 Å². The Balaban J connectivity index is 2.30. The molecular formula is C9H16F3NO2. The standard InChI is InChI=1S/C9H16F3NO2/c1-15-6-7-2-3-13(4-7)5-8(14)9(10,11)12/h7-8,14H,2-6H2,1H3. The number of ether oxygens (including phenoxy) is 1. The van der Waals surface area contributed by atoms with E-state index in [-0.39, 0.29) is 12.5 Å². The summed E-state index contributed by atoms with van der Waals surface area (Å²) in [5.41, 5.74) is 0. The van der Waals surface area contributed by atoms with Gasteiger partial charge in [-0.3, -0.25) is 0 Å². The Morgan fingerprint density at radius 2 is 2.20 bits per heavy atom. The number of likely N-dealkylation sites (tertiary alicyclic amines) is 1. The lowest BCUT2D eigenvalue weighted by Crippen LogP contribution is -2.40. The van der Waals surface area contributed by atoms with Gasteiger partial charge in [-0.2, -0.15) is 13.2 Å². The Morgan fingerprint density at radius 1 is 1.53 bits per heavy atom. The van der Waals surface area contributed by atoms with Gasteiger partial charge in [0.05, 0.1) is 6.61 Å². The molecule has 6 heteroatoms. The first-order valence-corrected chi connectivity index (χ1v) is 4.89. The van der Waals surface area contributed by atoms with Crippen molar-refractivity contribution in [3.05, 3.63) is 0 Å². The van der Waals surface area contributed by atoms with E-state index in [9.17, 15) is 13.2 Å². The summed E-state index contributed by atoms with van der Waals surface area (Å²) in [4.78, 5) is 1.63. The van der Waals surface area contributed by atoms with Crippen molar-refractivity contribution in [2.24, 2.45) is 5.92 Å². The summed E-state index contributed by atoms with van der Waals surface area (Å²) < 4.78 is 41.1. The van der Waals surface area contributed by atoms with Gasteiger partial charge < -0.3 is 14.7 Å². The summed E-state index contributed by atoms with van der Waals surface area (Å²) in [6, 6.07) is 0. The lowest BCUT2D eigenvalue weighted by molar-refractivity contribution is -0.207. The predicted octanol–water partition coefficient (Wildman–Crippen LogP) is 0.878. The summed E-state index contributed by atoms with van der Waals surface area (Å²) in [6.45, 7) is 1.41. The number of β-amino-alcohol motifs (C(OH)–C–C–N with tert-alkyl or cyclic N) is 1. The van der Waals surface area contributed by atoms with E-state index in [1.54, 1.807) is 12.0 Å². The lowest BCUT2D eigenvalue weighted by atomic mass is 10.1. The molecule has 0 aromatic heterocycles.